The Hall–Kier alpha value is -3.35. The van der Waals surface area contributed by atoms with Crippen LogP contribution in [0.5, 0.6) is 0 Å². The highest BCUT2D eigenvalue weighted by atomic mass is 16.2. The molecule has 0 spiro atoms. The summed E-state index contributed by atoms with van der Waals surface area (Å²) in [6.45, 7) is 4.04. The van der Waals surface area contributed by atoms with E-state index in [-0.39, 0.29) is 37.2 Å². The number of nitrogens with one attached hydrogen (secondary N) is 4. The van der Waals surface area contributed by atoms with Crippen LogP contribution >= 0.6 is 0 Å². The van der Waals surface area contributed by atoms with E-state index >= 15 is 0 Å². The second-order valence-corrected chi connectivity index (χ2v) is 6.14. The molecule has 0 aliphatic carbocycles. The molecular formula is C20H24N4O3. The molecule has 0 aromatic heterocycles. The zero-order valence-electron chi connectivity index (χ0n) is 15.5. The van der Waals surface area contributed by atoms with Crippen LogP contribution in [0.4, 0.5) is 5.69 Å². The molecule has 0 aliphatic rings. The number of hydrogen-bond donors (Lipinski definition) is 4. The Bertz CT molecular complexity index is 803. The fourth-order valence-electron chi connectivity index (χ4n) is 2.31. The van der Waals surface area contributed by atoms with E-state index in [1.807, 2.05) is 50.2 Å². The van der Waals surface area contributed by atoms with Crippen molar-refractivity contribution in [3.05, 3.63) is 65.2 Å². The fraction of sp³-hybridized carbons (Fsp3) is 0.250. The summed E-state index contributed by atoms with van der Waals surface area (Å²) in [6.07, 6.45) is 0.0588. The lowest BCUT2D eigenvalue weighted by Gasteiger charge is -2.10. The normalized spacial score (nSPS) is 10.0. The highest BCUT2D eigenvalue weighted by molar-refractivity contribution is 5.95. The lowest BCUT2D eigenvalue weighted by atomic mass is 10.1. The Morgan fingerprint density at radius 3 is 2.22 bits per heavy atom. The van der Waals surface area contributed by atoms with E-state index in [0.717, 1.165) is 16.8 Å². The quantitative estimate of drug-likeness (QED) is 0.559. The van der Waals surface area contributed by atoms with Gasteiger partial charge < -0.3 is 10.6 Å². The van der Waals surface area contributed by atoms with Gasteiger partial charge in [0.15, 0.2) is 0 Å². The van der Waals surface area contributed by atoms with Crippen LogP contribution in [0.25, 0.3) is 0 Å². The molecule has 0 unspecified atom stereocenters. The van der Waals surface area contributed by atoms with Crippen LogP contribution in [0.1, 0.15) is 27.9 Å². The number of rotatable bonds is 7. The van der Waals surface area contributed by atoms with Crippen LogP contribution in [0.15, 0.2) is 48.5 Å². The molecule has 2 rings (SSSR count). The largest absolute Gasteiger partial charge is 0.376 e. The number of hydrogen-bond acceptors (Lipinski definition) is 4. The predicted octanol–water partition coefficient (Wildman–Crippen LogP) is 1.68. The van der Waals surface area contributed by atoms with Gasteiger partial charge in [-0.15, -0.1) is 0 Å². The molecule has 2 aromatic rings. The van der Waals surface area contributed by atoms with Gasteiger partial charge in [0, 0.05) is 24.2 Å². The summed E-state index contributed by atoms with van der Waals surface area (Å²) in [5.41, 5.74) is 8.05. The minimum atomic E-state index is -0.385. The van der Waals surface area contributed by atoms with Gasteiger partial charge in [0.2, 0.25) is 5.91 Å². The molecule has 0 bridgehead atoms. The molecular weight excluding hydrogens is 344 g/mol. The topological polar surface area (TPSA) is 99.3 Å². The number of carbonyl (C=O) groups is 3. The van der Waals surface area contributed by atoms with Crippen molar-refractivity contribution in [3.8, 4) is 0 Å². The monoisotopic (exact) mass is 368 g/mol. The number of anilines is 1. The molecule has 0 saturated carbocycles. The lowest BCUT2D eigenvalue weighted by molar-refractivity contribution is -0.127. The molecule has 7 heteroatoms. The van der Waals surface area contributed by atoms with Crippen molar-refractivity contribution in [1.82, 2.24) is 16.2 Å². The molecule has 0 fully saturated rings. The summed E-state index contributed by atoms with van der Waals surface area (Å²) >= 11 is 0. The van der Waals surface area contributed by atoms with E-state index in [4.69, 9.17) is 0 Å². The maximum Gasteiger partial charge on any atom is 0.257 e. The van der Waals surface area contributed by atoms with Crippen LogP contribution in [0.2, 0.25) is 0 Å². The highest BCUT2D eigenvalue weighted by Crippen LogP contribution is 2.07. The molecule has 0 aliphatic heterocycles. The standard InChI is InChI=1S/C20H24N4O3/c1-14-7-9-16(10-8-14)22-13-19(26)24-23-18(25)11-12-21-20(27)17-6-4-3-5-15(17)2/h3-10,22H,11-13H2,1-2H3,(H,21,27)(H,23,25)(H,24,26). The number of benzene rings is 2. The summed E-state index contributed by atoms with van der Waals surface area (Å²) in [4.78, 5) is 35.5. The van der Waals surface area contributed by atoms with Crippen LogP contribution in [-0.4, -0.2) is 30.8 Å². The fourth-order valence-corrected chi connectivity index (χ4v) is 2.31. The van der Waals surface area contributed by atoms with Gasteiger partial charge in [-0.3, -0.25) is 25.2 Å². The van der Waals surface area contributed by atoms with Gasteiger partial charge in [0.25, 0.3) is 11.8 Å². The van der Waals surface area contributed by atoms with E-state index in [0.29, 0.717) is 5.56 Å². The smallest absolute Gasteiger partial charge is 0.257 e. The van der Waals surface area contributed by atoms with Crippen molar-refractivity contribution in [3.63, 3.8) is 0 Å². The summed E-state index contributed by atoms with van der Waals surface area (Å²) in [7, 11) is 0. The Morgan fingerprint density at radius 1 is 0.852 bits per heavy atom. The van der Waals surface area contributed by atoms with E-state index in [2.05, 4.69) is 21.5 Å². The maximum absolute atomic E-state index is 12.0. The molecule has 7 nitrogen and oxygen atoms in total. The Balaban J connectivity index is 1.62. The van der Waals surface area contributed by atoms with Crippen molar-refractivity contribution in [2.75, 3.05) is 18.4 Å². The van der Waals surface area contributed by atoms with Crippen molar-refractivity contribution in [2.24, 2.45) is 0 Å². The Labute approximate surface area is 158 Å². The number of amides is 3. The third-order valence-corrected chi connectivity index (χ3v) is 3.87. The van der Waals surface area contributed by atoms with Gasteiger partial charge in [-0.2, -0.15) is 0 Å². The first-order chi connectivity index (χ1) is 13.0. The second-order valence-electron chi connectivity index (χ2n) is 6.14. The number of carbonyl (C=O) groups excluding carboxylic acids is 3. The van der Waals surface area contributed by atoms with Gasteiger partial charge >= 0.3 is 0 Å². The van der Waals surface area contributed by atoms with Gasteiger partial charge in [-0.05, 0) is 37.6 Å². The summed E-state index contributed by atoms with van der Waals surface area (Å²) in [5.74, 6) is -0.983. The van der Waals surface area contributed by atoms with Gasteiger partial charge in [0.1, 0.15) is 0 Å². The van der Waals surface area contributed by atoms with Crippen molar-refractivity contribution < 1.29 is 14.4 Å². The zero-order valence-corrected chi connectivity index (χ0v) is 15.5. The first kappa shape index (κ1) is 20.0. The zero-order chi connectivity index (χ0) is 19.6. The lowest BCUT2D eigenvalue weighted by Crippen LogP contribution is -2.45. The van der Waals surface area contributed by atoms with E-state index in [1.165, 1.54) is 0 Å². The molecule has 0 atom stereocenters. The van der Waals surface area contributed by atoms with Gasteiger partial charge in [-0.1, -0.05) is 35.9 Å². The van der Waals surface area contributed by atoms with Crippen LogP contribution < -0.4 is 21.5 Å². The number of hydrazine groups is 1. The van der Waals surface area contributed by atoms with Crippen LogP contribution in [-0.2, 0) is 9.59 Å². The van der Waals surface area contributed by atoms with E-state index in [1.54, 1.807) is 12.1 Å². The summed E-state index contributed by atoms with van der Waals surface area (Å²) < 4.78 is 0. The Kier molecular flexibility index (Phi) is 7.37. The SMILES string of the molecule is Cc1ccc(NCC(=O)NNC(=O)CCNC(=O)c2ccccc2C)cc1. The molecule has 142 valence electrons. The van der Waals surface area contributed by atoms with E-state index < -0.39 is 0 Å². The van der Waals surface area contributed by atoms with Crippen LogP contribution in [0, 0.1) is 13.8 Å². The van der Waals surface area contributed by atoms with Crippen LogP contribution in [0.3, 0.4) is 0 Å². The molecule has 0 heterocycles. The first-order valence-corrected chi connectivity index (χ1v) is 8.68. The third kappa shape index (κ3) is 6.81. The predicted molar refractivity (Wildman–Crippen MR) is 104 cm³/mol. The summed E-state index contributed by atoms with van der Waals surface area (Å²) in [5, 5.41) is 5.64. The molecule has 27 heavy (non-hydrogen) atoms. The maximum atomic E-state index is 12.0. The number of aryl methyl sites for hydroxylation is 2. The minimum absolute atomic E-state index is 0.0351. The van der Waals surface area contributed by atoms with Crippen molar-refractivity contribution in [1.29, 1.82) is 0 Å². The third-order valence-electron chi connectivity index (χ3n) is 3.87. The minimum Gasteiger partial charge on any atom is -0.376 e. The molecule has 3 amide bonds. The molecule has 2 aromatic carbocycles. The summed E-state index contributed by atoms with van der Waals surface area (Å²) in [6, 6.07) is 14.8. The average Bonchev–Trinajstić information content (AvgIpc) is 2.66. The second kappa shape index (κ2) is 9.96. The van der Waals surface area contributed by atoms with Gasteiger partial charge in [0.05, 0.1) is 6.54 Å². The molecule has 4 N–H and O–H groups in total. The Morgan fingerprint density at radius 2 is 1.52 bits per heavy atom. The van der Waals surface area contributed by atoms with Gasteiger partial charge in [-0.25, -0.2) is 0 Å². The molecule has 0 radical (unpaired) electrons. The van der Waals surface area contributed by atoms with E-state index in [9.17, 15) is 14.4 Å². The first-order valence-electron chi connectivity index (χ1n) is 8.68. The van der Waals surface area contributed by atoms with Crippen molar-refractivity contribution >= 4 is 23.4 Å². The van der Waals surface area contributed by atoms with Crippen molar-refractivity contribution in [2.45, 2.75) is 20.3 Å². The molecule has 0 saturated heterocycles. The average molecular weight is 368 g/mol. The highest BCUT2D eigenvalue weighted by Gasteiger charge is 2.09.